The van der Waals surface area contributed by atoms with Gasteiger partial charge in [-0.2, -0.15) is 0 Å². The molecule has 0 saturated carbocycles. The van der Waals surface area contributed by atoms with Crippen LogP contribution in [0.4, 0.5) is 0 Å². The van der Waals surface area contributed by atoms with Crippen LogP contribution < -0.4 is 0 Å². The molecule has 0 bridgehead atoms. The summed E-state index contributed by atoms with van der Waals surface area (Å²) in [6, 6.07) is 14.5. The summed E-state index contributed by atoms with van der Waals surface area (Å²) in [6.07, 6.45) is 0.974. The van der Waals surface area contributed by atoms with Gasteiger partial charge in [-0.15, -0.1) is 0 Å². The van der Waals surface area contributed by atoms with Crippen LogP contribution in [0.3, 0.4) is 0 Å². The van der Waals surface area contributed by atoms with E-state index in [1.165, 1.54) is 22.3 Å². The van der Waals surface area contributed by atoms with E-state index in [1.54, 1.807) is 0 Å². The minimum Gasteiger partial charge on any atom is -0.0905 e. The third-order valence-electron chi connectivity index (χ3n) is 3.12. The van der Waals surface area contributed by atoms with Crippen LogP contribution in [0.25, 0.3) is 5.57 Å². The normalized spacial score (nSPS) is 13.2. The molecule has 0 spiro atoms. The lowest BCUT2D eigenvalue weighted by Crippen LogP contribution is -2.05. The molecule has 2 aromatic rings. The van der Waals surface area contributed by atoms with Gasteiger partial charge in [0.25, 0.3) is 0 Å². The van der Waals surface area contributed by atoms with Crippen molar-refractivity contribution in [2.45, 2.75) is 6.42 Å². The van der Waals surface area contributed by atoms with E-state index in [4.69, 9.17) is 11.6 Å². The van der Waals surface area contributed by atoms with Crippen LogP contribution in [0.2, 0.25) is 5.02 Å². The average Bonchev–Trinajstić information content (AvgIpc) is 2.31. The molecule has 1 aliphatic rings. The summed E-state index contributed by atoms with van der Waals surface area (Å²) in [5.41, 5.74) is 6.18. The highest BCUT2D eigenvalue weighted by Gasteiger charge is 2.17. The molecule has 0 atom stereocenters. The Hall–Kier alpha value is -1.53. The van der Waals surface area contributed by atoms with Gasteiger partial charge in [0.1, 0.15) is 0 Å². The Balaban J connectivity index is 2.23. The molecule has 3 rings (SSSR count). The van der Waals surface area contributed by atoms with Crippen LogP contribution in [0.5, 0.6) is 0 Å². The molecule has 0 aromatic heterocycles. The Labute approximate surface area is 100 Å². The fourth-order valence-corrected chi connectivity index (χ4v) is 2.47. The monoisotopic (exact) mass is 226 g/mol. The predicted molar refractivity (Wildman–Crippen MR) is 68.8 cm³/mol. The number of benzene rings is 2. The first-order valence-corrected chi connectivity index (χ1v) is 5.69. The van der Waals surface area contributed by atoms with Gasteiger partial charge in [-0.05, 0) is 46.4 Å². The Morgan fingerprint density at radius 3 is 2.56 bits per heavy atom. The number of hydrogen-bond acceptors (Lipinski definition) is 0. The quantitative estimate of drug-likeness (QED) is 0.536. The summed E-state index contributed by atoms with van der Waals surface area (Å²) in [4.78, 5) is 0. The van der Waals surface area contributed by atoms with E-state index in [2.05, 4.69) is 36.9 Å². The second-order valence-corrected chi connectivity index (χ2v) is 4.55. The molecule has 1 aliphatic carbocycles. The van der Waals surface area contributed by atoms with Crippen molar-refractivity contribution < 1.29 is 0 Å². The van der Waals surface area contributed by atoms with Gasteiger partial charge in [0.2, 0.25) is 0 Å². The molecule has 16 heavy (non-hydrogen) atoms. The second kappa shape index (κ2) is 3.50. The molecule has 0 heterocycles. The fourth-order valence-electron chi connectivity index (χ4n) is 2.30. The van der Waals surface area contributed by atoms with Crippen molar-refractivity contribution in [1.82, 2.24) is 0 Å². The highest BCUT2D eigenvalue weighted by atomic mass is 35.5. The fraction of sp³-hybridized carbons (Fsp3) is 0.0667. The molecule has 2 aromatic carbocycles. The lowest BCUT2D eigenvalue weighted by Gasteiger charge is -2.21. The molecule has 1 heteroatoms. The van der Waals surface area contributed by atoms with Crippen molar-refractivity contribution in [1.29, 1.82) is 0 Å². The highest BCUT2D eigenvalue weighted by molar-refractivity contribution is 6.30. The van der Waals surface area contributed by atoms with Gasteiger partial charge in [0.15, 0.2) is 0 Å². The van der Waals surface area contributed by atoms with E-state index in [0.29, 0.717) is 0 Å². The molecule has 0 saturated heterocycles. The van der Waals surface area contributed by atoms with E-state index in [1.807, 2.05) is 12.1 Å². The molecular weight excluding hydrogens is 216 g/mol. The average molecular weight is 227 g/mol. The van der Waals surface area contributed by atoms with Crippen molar-refractivity contribution in [3.8, 4) is 0 Å². The van der Waals surface area contributed by atoms with Crippen LogP contribution in [0, 0.1) is 0 Å². The van der Waals surface area contributed by atoms with Crippen LogP contribution in [0.15, 0.2) is 49.0 Å². The van der Waals surface area contributed by atoms with Gasteiger partial charge in [-0.3, -0.25) is 0 Å². The first-order chi connectivity index (χ1) is 7.75. The van der Waals surface area contributed by atoms with Gasteiger partial charge in [0.05, 0.1) is 0 Å². The molecule has 0 radical (unpaired) electrons. The highest BCUT2D eigenvalue weighted by Crippen LogP contribution is 2.35. The van der Waals surface area contributed by atoms with Gasteiger partial charge in [-0.25, -0.2) is 0 Å². The third-order valence-corrected chi connectivity index (χ3v) is 3.36. The molecule has 0 N–H and O–H groups in total. The summed E-state index contributed by atoms with van der Waals surface area (Å²) in [7, 11) is 0. The minimum atomic E-state index is 0.777. The standard InChI is InChI=1S/C15H11Cl/c1-10-14-5-3-2-4-11(14)8-12-6-7-13(16)9-15(10)12/h2-7,9H,1,8H2. The zero-order chi connectivity index (χ0) is 11.1. The summed E-state index contributed by atoms with van der Waals surface area (Å²) >= 11 is 6.03. The summed E-state index contributed by atoms with van der Waals surface area (Å²) in [5, 5.41) is 0.777. The molecule has 78 valence electrons. The third kappa shape index (κ3) is 1.38. The largest absolute Gasteiger partial charge is 0.0905 e. The summed E-state index contributed by atoms with van der Waals surface area (Å²) in [6.45, 7) is 4.18. The Kier molecular flexibility index (Phi) is 2.12. The first-order valence-electron chi connectivity index (χ1n) is 5.32. The number of hydrogen-bond donors (Lipinski definition) is 0. The Morgan fingerprint density at radius 2 is 1.69 bits per heavy atom. The molecule has 0 amide bonds. The van der Waals surface area contributed by atoms with Crippen LogP contribution in [-0.4, -0.2) is 0 Å². The van der Waals surface area contributed by atoms with Crippen molar-refractivity contribution in [3.63, 3.8) is 0 Å². The maximum atomic E-state index is 6.03. The minimum absolute atomic E-state index is 0.777. The van der Waals surface area contributed by atoms with Gasteiger partial charge in [-0.1, -0.05) is 48.5 Å². The number of fused-ring (bicyclic) bond motifs is 2. The van der Waals surface area contributed by atoms with E-state index in [-0.39, 0.29) is 0 Å². The number of rotatable bonds is 0. The van der Waals surface area contributed by atoms with Crippen molar-refractivity contribution in [3.05, 3.63) is 76.3 Å². The molecule has 0 fully saturated rings. The van der Waals surface area contributed by atoms with Gasteiger partial charge in [0, 0.05) is 5.02 Å². The van der Waals surface area contributed by atoms with E-state index >= 15 is 0 Å². The Bertz CT molecular complexity index is 582. The zero-order valence-electron chi connectivity index (χ0n) is 8.83. The van der Waals surface area contributed by atoms with Crippen molar-refractivity contribution >= 4 is 17.2 Å². The van der Waals surface area contributed by atoms with Crippen LogP contribution >= 0.6 is 11.6 Å². The SMILES string of the molecule is C=C1c2ccccc2Cc2ccc(Cl)cc21. The van der Waals surface area contributed by atoms with Crippen LogP contribution in [-0.2, 0) is 6.42 Å². The van der Waals surface area contributed by atoms with Crippen molar-refractivity contribution in [2.75, 3.05) is 0 Å². The molecule has 0 nitrogen and oxygen atoms in total. The van der Waals surface area contributed by atoms with Crippen LogP contribution in [0.1, 0.15) is 22.3 Å². The summed E-state index contributed by atoms with van der Waals surface area (Å²) in [5.74, 6) is 0. The molecular formula is C15H11Cl. The molecule has 0 unspecified atom stereocenters. The lowest BCUT2D eigenvalue weighted by molar-refractivity contribution is 1.14. The Morgan fingerprint density at radius 1 is 0.938 bits per heavy atom. The number of halogens is 1. The van der Waals surface area contributed by atoms with E-state index in [0.717, 1.165) is 17.0 Å². The topological polar surface area (TPSA) is 0 Å². The predicted octanol–water partition coefficient (Wildman–Crippen LogP) is 4.31. The maximum absolute atomic E-state index is 6.03. The summed E-state index contributed by atoms with van der Waals surface area (Å²) < 4.78 is 0. The molecule has 0 aliphatic heterocycles. The van der Waals surface area contributed by atoms with Gasteiger partial charge >= 0.3 is 0 Å². The zero-order valence-corrected chi connectivity index (χ0v) is 9.59. The maximum Gasteiger partial charge on any atom is 0.0412 e. The van der Waals surface area contributed by atoms with Gasteiger partial charge < -0.3 is 0 Å². The first kappa shape index (κ1) is 9.68. The van der Waals surface area contributed by atoms with E-state index in [9.17, 15) is 0 Å². The van der Waals surface area contributed by atoms with E-state index < -0.39 is 0 Å². The van der Waals surface area contributed by atoms with Crippen molar-refractivity contribution in [2.24, 2.45) is 0 Å². The lowest BCUT2D eigenvalue weighted by atomic mass is 9.83. The smallest absolute Gasteiger partial charge is 0.0412 e. The second-order valence-electron chi connectivity index (χ2n) is 4.11.